The molecule has 0 saturated carbocycles. The first-order valence-electron chi connectivity index (χ1n) is 8.93. The van der Waals surface area contributed by atoms with Crippen molar-refractivity contribution in [2.75, 3.05) is 5.32 Å². The van der Waals surface area contributed by atoms with Crippen molar-refractivity contribution >= 4 is 11.7 Å². The Kier molecular flexibility index (Phi) is 5.11. The van der Waals surface area contributed by atoms with E-state index in [2.05, 4.69) is 5.32 Å². The number of nitrogens with one attached hydrogen (secondary N) is 1. The van der Waals surface area contributed by atoms with Gasteiger partial charge >= 0.3 is 6.03 Å². The monoisotopic (exact) mass is 332 g/mol. The van der Waals surface area contributed by atoms with E-state index in [1.165, 1.54) is 0 Å². The van der Waals surface area contributed by atoms with Gasteiger partial charge in [-0.3, -0.25) is 0 Å². The molecular weight excluding hydrogens is 304 g/mol. The van der Waals surface area contributed by atoms with E-state index in [1.54, 1.807) is 0 Å². The summed E-state index contributed by atoms with van der Waals surface area (Å²) >= 11 is 0. The molecule has 2 fully saturated rings. The second-order valence-corrected chi connectivity index (χ2v) is 7.30. The first kappa shape index (κ1) is 17.2. The van der Waals surface area contributed by atoms with Gasteiger partial charge in [0, 0.05) is 17.8 Å². The van der Waals surface area contributed by atoms with Crippen molar-refractivity contribution in [3.8, 4) is 0 Å². The maximum Gasteiger partial charge on any atom is 0.322 e. The number of fused-ring (bicyclic) bond motifs is 2. The van der Waals surface area contributed by atoms with Gasteiger partial charge < -0.3 is 20.1 Å². The zero-order chi connectivity index (χ0) is 17.3. The fourth-order valence-electron chi connectivity index (χ4n) is 3.89. The van der Waals surface area contributed by atoms with Crippen LogP contribution in [0.3, 0.4) is 0 Å². The SMILES string of the molecule is Cc1c(COC(C)C)cccc1NC(=O)N1[C@H]2CC[C@H]1CC(O)C2. The quantitative estimate of drug-likeness (QED) is 0.888. The summed E-state index contributed by atoms with van der Waals surface area (Å²) in [7, 11) is 0. The van der Waals surface area contributed by atoms with Gasteiger partial charge in [-0.05, 0) is 63.6 Å². The van der Waals surface area contributed by atoms with E-state index in [0.29, 0.717) is 19.4 Å². The summed E-state index contributed by atoms with van der Waals surface area (Å²) in [5.41, 5.74) is 2.99. The van der Waals surface area contributed by atoms with E-state index >= 15 is 0 Å². The normalized spacial score (nSPS) is 26.0. The maximum absolute atomic E-state index is 12.8. The number of aliphatic hydroxyl groups excluding tert-OH is 1. The minimum absolute atomic E-state index is 0.0422. The number of carbonyl (C=O) groups excluding carboxylic acids is 1. The Morgan fingerprint density at radius 3 is 2.62 bits per heavy atom. The number of carbonyl (C=O) groups is 1. The van der Waals surface area contributed by atoms with Crippen LogP contribution in [-0.2, 0) is 11.3 Å². The summed E-state index contributed by atoms with van der Waals surface area (Å²) in [6.07, 6.45) is 3.31. The third-order valence-corrected chi connectivity index (χ3v) is 5.20. The molecule has 5 heteroatoms. The molecule has 2 heterocycles. The van der Waals surface area contributed by atoms with E-state index in [1.807, 2.05) is 43.9 Å². The van der Waals surface area contributed by atoms with Crippen LogP contribution in [0, 0.1) is 6.92 Å². The lowest BCUT2D eigenvalue weighted by molar-refractivity contribution is 0.0579. The summed E-state index contributed by atoms with van der Waals surface area (Å²) in [6, 6.07) is 6.23. The highest BCUT2D eigenvalue weighted by Crippen LogP contribution is 2.36. The van der Waals surface area contributed by atoms with Crippen molar-refractivity contribution in [3.05, 3.63) is 29.3 Å². The molecule has 5 nitrogen and oxygen atoms in total. The number of hydrogen-bond acceptors (Lipinski definition) is 3. The minimum Gasteiger partial charge on any atom is -0.393 e. The number of aliphatic hydroxyl groups is 1. The lowest BCUT2D eigenvalue weighted by atomic mass is 10.0. The van der Waals surface area contributed by atoms with Gasteiger partial charge in [-0.2, -0.15) is 0 Å². The van der Waals surface area contributed by atoms with E-state index < -0.39 is 0 Å². The second kappa shape index (κ2) is 7.11. The Labute approximate surface area is 144 Å². The van der Waals surface area contributed by atoms with Crippen LogP contribution in [0.25, 0.3) is 0 Å². The van der Waals surface area contributed by atoms with E-state index in [4.69, 9.17) is 4.74 Å². The number of rotatable bonds is 4. The number of hydrogen-bond donors (Lipinski definition) is 2. The number of piperidine rings is 1. The third-order valence-electron chi connectivity index (χ3n) is 5.20. The van der Waals surface area contributed by atoms with Crippen molar-refractivity contribution in [1.29, 1.82) is 0 Å². The molecule has 0 aliphatic carbocycles. The fraction of sp³-hybridized carbons (Fsp3) is 0.632. The van der Waals surface area contributed by atoms with Gasteiger partial charge in [-0.1, -0.05) is 12.1 Å². The van der Waals surface area contributed by atoms with Crippen molar-refractivity contribution in [2.24, 2.45) is 0 Å². The van der Waals surface area contributed by atoms with Gasteiger partial charge in [0.1, 0.15) is 0 Å². The van der Waals surface area contributed by atoms with Gasteiger partial charge in [0.25, 0.3) is 0 Å². The Bertz CT molecular complexity index is 588. The number of amides is 2. The fourth-order valence-corrected chi connectivity index (χ4v) is 3.89. The molecule has 24 heavy (non-hydrogen) atoms. The van der Waals surface area contributed by atoms with Crippen LogP contribution < -0.4 is 5.32 Å². The van der Waals surface area contributed by atoms with Gasteiger partial charge in [-0.15, -0.1) is 0 Å². The van der Waals surface area contributed by atoms with Crippen LogP contribution in [0.2, 0.25) is 0 Å². The van der Waals surface area contributed by atoms with Crippen LogP contribution in [0.1, 0.15) is 50.7 Å². The standard InChI is InChI=1S/C19H28N2O3/c1-12(2)24-11-14-5-4-6-18(13(14)3)20-19(23)21-15-7-8-16(21)10-17(22)9-15/h4-6,12,15-17,22H,7-11H2,1-3H3,(H,20,23)/t15-,16-/m0/s1. The summed E-state index contributed by atoms with van der Waals surface area (Å²) in [4.78, 5) is 14.7. The summed E-state index contributed by atoms with van der Waals surface area (Å²) < 4.78 is 5.69. The topological polar surface area (TPSA) is 61.8 Å². The molecule has 3 rings (SSSR count). The average molecular weight is 332 g/mol. The third kappa shape index (κ3) is 3.57. The van der Waals surface area contributed by atoms with E-state index in [0.717, 1.165) is 29.7 Å². The Morgan fingerprint density at radius 2 is 2.00 bits per heavy atom. The molecule has 0 spiro atoms. The highest BCUT2D eigenvalue weighted by molar-refractivity contribution is 5.91. The molecule has 2 amide bonds. The Balaban J connectivity index is 1.70. The molecule has 0 radical (unpaired) electrons. The predicted molar refractivity (Wildman–Crippen MR) is 94.0 cm³/mol. The number of ether oxygens (including phenoxy) is 1. The molecule has 0 aromatic heterocycles. The molecule has 0 unspecified atom stereocenters. The number of benzene rings is 1. The average Bonchev–Trinajstić information content (AvgIpc) is 2.80. The zero-order valence-electron chi connectivity index (χ0n) is 14.8. The summed E-state index contributed by atoms with van der Waals surface area (Å²) in [5.74, 6) is 0. The molecule has 2 N–H and O–H groups in total. The van der Waals surface area contributed by atoms with Crippen molar-refractivity contribution in [2.45, 2.75) is 77.4 Å². The Morgan fingerprint density at radius 1 is 1.33 bits per heavy atom. The second-order valence-electron chi connectivity index (χ2n) is 7.30. The van der Waals surface area contributed by atoms with Crippen LogP contribution in [0.4, 0.5) is 10.5 Å². The molecule has 1 aromatic carbocycles. The van der Waals surface area contributed by atoms with Gasteiger partial charge in [0.2, 0.25) is 0 Å². The largest absolute Gasteiger partial charge is 0.393 e. The van der Waals surface area contributed by atoms with E-state index in [9.17, 15) is 9.90 Å². The molecular formula is C19H28N2O3. The first-order chi connectivity index (χ1) is 11.5. The van der Waals surface area contributed by atoms with Crippen molar-refractivity contribution in [3.63, 3.8) is 0 Å². The van der Waals surface area contributed by atoms with Crippen LogP contribution in [0.15, 0.2) is 18.2 Å². The molecule has 2 bridgehead atoms. The maximum atomic E-state index is 12.8. The molecule has 2 atom stereocenters. The number of nitrogens with zero attached hydrogens (tertiary/aromatic N) is 1. The number of urea groups is 1. The number of anilines is 1. The predicted octanol–water partition coefficient (Wildman–Crippen LogP) is 3.44. The molecule has 2 aliphatic heterocycles. The van der Waals surface area contributed by atoms with Gasteiger partial charge in [0.15, 0.2) is 0 Å². The van der Waals surface area contributed by atoms with Crippen molar-refractivity contribution < 1.29 is 14.6 Å². The van der Waals surface area contributed by atoms with Crippen molar-refractivity contribution in [1.82, 2.24) is 4.90 Å². The minimum atomic E-state index is -0.259. The lowest BCUT2D eigenvalue weighted by Gasteiger charge is -2.37. The summed E-state index contributed by atoms with van der Waals surface area (Å²) in [5, 5.41) is 13.0. The van der Waals surface area contributed by atoms with E-state index in [-0.39, 0.29) is 30.3 Å². The first-order valence-corrected chi connectivity index (χ1v) is 8.93. The molecule has 132 valence electrons. The van der Waals surface area contributed by atoms with Gasteiger partial charge in [0.05, 0.1) is 18.8 Å². The smallest absolute Gasteiger partial charge is 0.322 e. The summed E-state index contributed by atoms with van der Waals surface area (Å²) in [6.45, 7) is 6.60. The molecule has 2 saturated heterocycles. The van der Waals surface area contributed by atoms with Crippen LogP contribution in [0.5, 0.6) is 0 Å². The highest BCUT2D eigenvalue weighted by Gasteiger charge is 2.42. The highest BCUT2D eigenvalue weighted by atomic mass is 16.5. The Hall–Kier alpha value is -1.59. The van der Waals surface area contributed by atoms with Gasteiger partial charge in [-0.25, -0.2) is 4.79 Å². The lowest BCUT2D eigenvalue weighted by Crippen LogP contribution is -2.49. The van der Waals surface area contributed by atoms with Crippen LogP contribution >= 0.6 is 0 Å². The molecule has 1 aromatic rings. The zero-order valence-corrected chi connectivity index (χ0v) is 14.8. The molecule has 2 aliphatic rings. The van der Waals surface area contributed by atoms with Crippen LogP contribution in [-0.4, -0.2) is 40.3 Å².